The molecule has 3 nitrogen and oxygen atoms in total. The second-order valence-corrected chi connectivity index (χ2v) is 5.95. The van der Waals surface area contributed by atoms with Gasteiger partial charge in [-0.1, -0.05) is 17.7 Å². The Labute approximate surface area is 130 Å². The van der Waals surface area contributed by atoms with E-state index in [0.717, 1.165) is 11.1 Å². The van der Waals surface area contributed by atoms with E-state index in [2.05, 4.69) is 5.10 Å². The topological polar surface area (TPSA) is 43.8 Å². The number of aryl methyl sites for hydroxylation is 2. The standard InChI is InChI=1S/C15H13ClFN3S/c1-8-6-21-7-9(8)14-13(15(18)20(2)19-14)12-10(16)4-3-5-11(12)17/h3-7H,18H2,1-2H3. The van der Waals surface area contributed by atoms with Crippen LogP contribution in [0.25, 0.3) is 22.4 Å². The van der Waals surface area contributed by atoms with Crippen molar-refractivity contribution in [3.63, 3.8) is 0 Å². The van der Waals surface area contributed by atoms with E-state index in [-0.39, 0.29) is 0 Å². The Morgan fingerprint density at radius 2 is 2.05 bits per heavy atom. The minimum atomic E-state index is -0.406. The molecule has 0 saturated heterocycles. The number of rotatable bonds is 2. The van der Waals surface area contributed by atoms with Crippen LogP contribution in [0.15, 0.2) is 29.0 Å². The molecule has 0 aliphatic carbocycles. The molecule has 0 aliphatic rings. The zero-order chi connectivity index (χ0) is 15.1. The van der Waals surface area contributed by atoms with Gasteiger partial charge in [0.1, 0.15) is 17.3 Å². The van der Waals surface area contributed by atoms with Crippen molar-refractivity contribution in [3.05, 3.63) is 45.4 Å². The van der Waals surface area contributed by atoms with Crippen LogP contribution in [-0.2, 0) is 7.05 Å². The van der Waals surface area contributed by atoms with Gasteiger partial charge in [-0.25, -0.2) is 4.39 Å². The number of benzene rings is 1. The molecule has 2 heterocycles. The van der Waals surface area contributed by atoms with Crippen LogP contribution >= 0.6 is 22.9 Å². The van der Waals surface area contributed by atoms with E-state index in [9.17, 15) is 4.39 Å². The van der Waals surface area contributed by atoms with Crippen LogP contribution in [-0.4, -0.2) is 9.78 Å². The fourth-order valence-corrected chi connectivity index (χ4v) is 3.40. The Morgan fingerprint density at radius 3 is 2.67 bits per heavy atom. The van der Waals surface area contributed by atoms with Gasteiger partial charge in [0.05, 0.1) is 10.6 Å². The summed E-state index contributed by atoms with van der Waals surface area (Å²) in [6, 6.07) is 4.60. The fourth-order valence-electron chi connectivity index (χ4n) is 2.31. The van der Waals surface area contributed by atoms with Crippen molar-refractivity contribution in [2.24, 2.45) is 7.05 Å². The monoisotopic (exact) mass is 321 g/mol. The highest BCUT2D eigenvalue weighted by molar-refractivity contribution is 7.08. The minimum absolute atomic E-state index is 0.297. The molecule has 2 N–H and O–H groups in total. The maximum Gasteiger partial charge on any atom is 0.132 e. The van der Waals surface area contributed by atoms with Crippen molar-refractivity contribution in [1.82, 2.24) is 9.78 Å². The van der Waals surface area contributed by atoms with Crippen molar-refractivity contribution in [1.29, 1.82) is 0 Å². The Kier molecular flexibility index (Phi) is 3.47. The van der Waals surface area contributed by atoms with E-state index >= 15 is 0 Å². The third-order valence-electron chi connectivity index (χ3n) is 3.42. The molecular formula is C15H13ClFN3S. The van der Waals surface area contributed by atoms with Crippen molar-refractivity contribution in [2.75, 3.05) is 5.73 Å². The molecule has 3 aromatic rings. The van der Waals surface area contributed by atoms with E-state index in [4.69, 9.17) is 17.3 Å². The zero-order valence-electron chi connectivity index (χ0n) is 11.5. The van der Waals surface area contributed by atoms with Gasteiger partial charge in [-0.15, -0.1) is 0 Å². The molecule has 0 amide bonds. The van der Waals surface area contributed by atoms with Crippen LogP contribution in [0.4, 0.5) is 10.2 Å². The fraction of sp³-hybridized carbons (Fsp3) is 0.133. The van der Waals surface area contributed by atoms with Crippen molar-refractivity contribution < 1.29 is 4.39 Å². The van der Waals surface area contributed by atoms with Gasteiger partial charge in [-0.3, -0.25) is 4.68 Å². The summed E-state index contributed by atoms with van der Waals surface area (Å²) in [6.45, 7) is 1.99. The maximum atomic E-state index is 14.3. The maximum absolute atomic E-state index is 14.3. The summed E-state index contributed by atoms with van der Waals surface area (Å²) in [5.74, 6) is -0.0149. The molecule has 0 bridgehead atoms. The highest BCUT2D eigenvalue weighted by Crippen LogP contribution is 2.42. The number of nitrogens with two attached hydrogens (primary N) is 1. The third-order valence-corrected chi connectivity index (χ3v) is 4.59. The molecule has 3 rings (SSSR count). The molecule has 1 aromatic carbocycles. The largest absolute Gasteiger partial charge is 0.383 e. The van der Waals surface area contributed by atoms with E-state index in [1.807, 2.05) is 17.7 Å². The molecule has 6 heteroatoms. The zero-order valence-corrected chi connectivity index (χ0v) is 13.1. The lowest BCUT2D eigenvalue weighted by Crippen LogP contribution is -1.98. The minimum Gasteiger partial charge on any atom is -0.383 e. The predicted molar refractivity (Wildman–Crippen MR) is 86.1 cm³/mol. The number of hydrogen-bond donors (Lipinski definition) is 1. The van der Waals surface area contributed by atoms with Crippen molar-refractivity contribution in [3.8, 4) is 22.4 Å². The average molecular weight is 322 g/mol. The van der Waals surface area contributed by atoms with Crippen LogP contribution in [0.1, 0.15) is 5.56 Å². The lowest BCUT2D eigenvalue weighted by atomic mass is 10.00. The van der Waals surface area contributed by atoms with Gasteiger partial charge in [0.15, 0.2) is 0 Å². The van der Waals surface area contributed by atoms with Crippen LogP contribution in [0, 0.1) is 12.7 Å². The summed E-state index contributed by atoms with van der Waals surface area (Å²) in [4.78, 5) is 0. The Balaban J connectivity index is 2.36. The second kappa shape index (κ2) is 5.16. The summed E-state index contributed by atoms with van der Waals surface area (Å²) in [7, 11) is 1.73. The second-order valence-electron chi connectivity index (χ2n) is 4.80. The molecular weight excluding hydrogens is 309 g/mol. The summed E-state index contributed by atoms with van der Waals surface area (Å²) >= 11 is 7.76. The lowest BCUT2D eigenvalue weighted by molar-refractivity contribution is 0.631. The molecule has 21 heavy (non-hydrogen) atoms. The van der Waals surface area contributed by atoms with Gasteiger partial charge in [-0.2, -0.15) is 16.4 Å². The van der Waals surface area contributed by atoms with Crippen LogP contribution < -0.4 is 5.73 Å². The van der Waals surface area contributed by atoms with Crippen LogP contribution in [0.3, 0.4) is 0 Å². The van der Waals surface area contributed by atoms with E-state index in [1.165, 1.54) is 6.07 Å². The predicted octanol–water partition coefficient (Wildman–Crippen LogP) is 4.50. The van der Waals surface area contributed by atoms with Crippen LogP contribution in [0.5, 0.6) is 0 Å². The number of anilines is 1. The SMILES string of the molecule is Cc1cscc1-c1nn(C)c(N)c1-c1c(F)cccc1Cl. The molecule has 0 unspecified atom stereocenters. The normalized spacial score (nSPS) is 11.0. The Morgan fingerprint density at radius 1 is 1.29 bits per heavy atom. The summed E-state index contributed by atoms with van der Waals surface area (Å²) in [6.07, 6.45) is 0. The highest BCUT2D eigenvalue weighted by atomic mass is 35.5. The number of nitrogens with zero attached hydrogens (tertiary/aromatic N) is 2. The number of nitrogen functional groups attached to an aromatic ring is 1. The molecule has 0 atom stereocenters. The summed E-state index contributed by atoms with van der Waals surface area (Å²) in [5, 5.41) is 8.77. The van der Waals surface area contributed by atoms with E-state index in [0.29, 0.717) is 27.7 Å². The van der Waals surface area contributed by atoms with Gasteiger partial charge in [0.25, 0.3) is 0 Å². The van der Waals surface area contributed by atoms with Gasteiger partial charge in [0, 0.05) is 23.6 Å². The number of thiophene rings is 1. The third kappa shape index (κ3) is 2.22. The van der Waals surface area contributed by atoms with E-state index < -0.39 is 5.82 Å². The molecule has 0 saturated carbocycles. The molecule has 0 spiro atoms. The smallest absolute Gasteiger partial charge is 0.132 e. The lowest BCUT2D eigenvalue weighted by Gasteiger charge is -2.08. The molecule has 0 fully saturated rings. The first-order valence-corrected chi connectivity index (χ1v) is 7.62. The summed E-state index contributed by atoms with van der Waals surface area (Å²) < 4.78 is 15.8. The summed E-state index contributed by atoms with van der Waals surface area (Å²) in [5.41, 5.74) is 9.62. The highest BCUT2D eigenvalue weighted by Gasteiger charge is 2.23. The Bertz CT molecular complexity index is 802. The molecule has 2 aromatic heterocycles. The average Bonchev–Trinajstić information content (AvgIpc) is 2.96. The van der Waals surface area contributed by atoms with Gasteiger partial charge >= 0.3 is 0 Å². The van der Waals surface area contributed by atoms with Gasteiger partial charge in [-0.05, 0) is 30.0 Å². The first-order valence-electron chi connectivity index (χ1n) is 6.30. The first-order chi connectivity index (χ1) is 10.0. The number of hydrogen-bond acceptors (Lipinski definition) is 3. The molecule has 0 radical (unpaired) electrons. The van der Waals surface area contributed by atoms with Gasteiger partial charge in [0.2, 0.25) is 0 Å². The van der Waals surface area contributed by atoms with Crippen LogP contribution in [0.2, 0.25) is 5.02 Å². The van der Waals surface area contributed by atoms with Crippen molar-refractivity contribution >= 4 is 28.8 Å². The number of aromatic nitrogens is 2. The molecule has 0 aliphatic heterocycles. The van der Waals surface area contributed by atoms with Crippen molar-refractivity contribution in [2.45, 2.75) is 6.92 Å². The van der Waals surface area contributed by atoms with Gasteiger partial charge < -0.3 is 5.73 Å². The Hall–Kier alpha value is -1.85. The number of halogens is 2. The first kappa shape index (κ1) is 14.1. The molecule has 108 valence electrons. The quantitative estimate of drug-likeness (QED) is 0.755. The van der Waals surface area contributed by atoms with E-state index in [1.54, 1.807) is 35.2 Å².